The second-order valence-electron chi connectivity index (χ2n) is 4.11. The number of halogens is 1. The van der Waals surface area contributed by atoms with Crippen LogP contribution in [0.1, 0.15) is 6.42 Å². The van der Waals surface area contributed by atoms with E-state index in [4.69, 9.17) is 5.73 Å². The molecule has 1 aromatic carbocycles. The summed E-state index contributed by atoms with van der Waals surface area (Å²) in [6.45, 7) is 1.40. The fraction of sp³-hybridized carbons (Fsp3) is 0.231. The summed E-state index contributed by atoms with van der Waals surface area (Å²) in [5.41, 5.74) is 6.52. The summed E-state index contributed by atoms with van der Waals surface area (Å²) in [5, 5.41) is 7.94. The van der Waals surface area contributed by atoms with Gasteiger partial charge in [0, 0.05) is 40.2 Å². The molecule has 0 unspecified atom stereocenters. The van der Waals surface area contributed by atoms with Crippen molar-refractivity contribution in [2.45, 2.75) is 6.42 Å². The van der Waals surface area contributed by atoms with Crippen molar-refractivity contribution in [3.8, 4) is 0 Å². The lowest BCUT2D eigenvalue weighted by Gasteiger charge is -2.10. The Balaban J connectivity index is 2.15. The van der Waals surface area contributed by atoms with Gasteiger partial charge in [-0.3, -0.25) is 4.79 Å². The van der Waals surface area contributed by atoms with Gasteiger partial charge in [-0.05, 0) is 40.5 Å². The van der Waals surface area contributed by atoms with E-state index in [2.05, 4.69) is 31.5 Å². The number of nitrogens with two attached hydrogens (primary N) is 1. The second kappa shape index (κ2) is 6.38. The highest BCUT2D eigenvalue weighted by Crippen LogP contribution is 2.29. The van der Waals surface area contributed by atoms with Crippen LogP contribution in [0.5, 0.6) is 0 Å². The predicted octanol–water partition coefficient (Wildman–Crippen LogP) is 2.13. The minimum Gasteiger partial charge on any atom is -0.399 e. The number of aromatic nitrogens is 1. The maximum atomic E-state index is 10.1. The number of nitrogens with one attached hydrogen (secondary N) is 2. The first-order valence-corrected chi connectivity index (χ1v) is 6.76. The second-order valence-corrected chi connectivity index (χ2v) is 4.97. The molecule has 6 heteroatoms. The summed E-state index contributed by atoms with van der Waals surface area (Å²) >= 11 is 3.47. The lowest BCUT2D eigenvalue weighted by atomic mass is 10.1. The van der Waals surface area contributed by atoms with Crippen LogP contribution in [0, 0.1) is 0 Å². The Morgan fingerprint density at radius 2 is 2.16 bits per heavy atom. The van der Waals surface area contributed by atoms with Crippen molar-refractivity contribution >= 4 is 44.6 Å². The van der Waals surface area contributed by atoms with Crippen molar-refractivity contribution in [1.82, 2.24) is 10.3 Å². The Bertz CT molecular complexity index is 588. The van der Waals surface area contributed by atoms with E-state index < -0.39 is 0 Å². The number of benzene rings is 1. The Morgan fingerprint density at radius 1 is 1.32 bits per heavy atom. The average molecular weight is 323 g/mol. The first-order chi connectivity index (χ1) is 9.22. The monoisotopic (exact) mass is 322 g/mol. The Hall–Kier alpha value is -1.82. The van der Waals surface area contributed by atoms with E-state index >= 15 is 0 Å². The van der Waals surface area contributed by atoms with Crippen LogP contribution < -0.4 is 16.4 Å². The van der Waals surface area contributed by atoms with Gasteiger partial charge in [-0.15, -0.1) is 0 Å². The largest absolute Gasteiger partial charge is 0.399 e. The number of nitrogen functional groups attached to an aromatic ring is 1. The number of hydrogen-bond donors (Lipinski definition) is 3. The molecule has 0 atom stereocenters. The van der Waals surface area contributed by atoms with Crippen molar-refractivity contribution in [1.29, 1.82) is 0 Å². The van der Waals surface area contributed by atoms with E-state index in [1.54, 1.807) is 6.20 Å². The minimum atomic E-state index is 0.651. The fourth-order valence-electron chi connectivity index (χ4n) is 1.82. The highest BCUT2D eigenvalue weighted by Gasteiger charge is 2.05. The van der Waals surface area contributed by atoms with Gasteiger partial charge in [0.1, 0.15) is 5.82 Å². The standard InChI is InChI=1S/C13H15BrN4O/c14-12-7-18-13(17-5-1-4-16-8-19)10-3-2-9(15)6-11(10)12/h2-3,6-8H,1,4-5,15H2,(H,16,19)(H,17,18). The smallest absolute Gasteiger partial charge is 0.207 e. The fourth-order valence-corrected chi connectivity index (χ4v) is 2.25. The molecular formula is C13H15BrN4O. The number of fused-ring (bicyclic) bond motifs is 1. The highest BCUT2D eigenvalue weighted by atomic mass is 79.9. The molecule has 2 rings (SSSR count). The number of anilines is 2. The summed E-state index contributed by atoms with van der Waals surface area (Å²) in [6, 6.07) is 5.73. The maximum absolute atomic E-state index is 10.1. The highest BCUT2D eigenvalue weighted by molar-refractivity contribution is 9.10. The molecule has 100 valence electrons. The number of amides is 1. The third-order valence-electron chi connectivity index (χ3n) is 2.74. The molecule has 1 heterocycles. The molecule has 0 radical (unpaired) electrons. The Labute approximate surface area is 119 Å². The van der Waals surface area contributed by atoms with E-state index in [-0.39, 0.29) is 0 Å². The van der Waals surface area contributed by atoms with Crippen LogP contribution in [0.25, 0.3) is 10.8 Å². The third-order valence-corrected chi connectivity index (χ3v) is 3.37. The molecule has 0 fully saturated rings. The van der Waals surface area contributed by atoms with Crippen molar-refractivity contribution in [3.05, 3.63) is 28.9 Å². The van der Waals surface area contributed by atoms with Crippen LogP contribution in [0.15, 0.2) is 28.9 Å². The number of carbonyl (C=O) groups excluding carboxylic acids is 1. The van der Waals surface area contributed by atoms with Gasteiger partial charge in [0.2, 0.25) is 6.41 Å². The number of carbonyl (C=O) groups is 1. The Kier molecular flexibility index (Phi) is 4.57. The summed E-state index contributed by atoms with van der Waals surface area (Å²) in [7, 11) is 0. The molecule has 0 aliphatic rings. The number of rotatable bonds is 6. The first-order valence-electron chi connectivity index (χ1n) is 5.97. The van der Waals surface area contributed by atoms with Gasteiger partial charge in [0.15, 0.2) is 0 Å². The molecule has 1 aromatic heterocycles. The van der Waals surface area contributed by atoms with Gasteiger partial charge < -0.3 is 16.4 Å². The quantitative estimate of drug-likeness (QED) is 0.432. The SMILES string of the molecule is Nc1ccc2c(NCCCNC=O)ncc(Br)c2c1. The number of nitrogens with zero attached hydrogens (tertiary/aromatic N) is 1. The van der Waals surface area contributed by atoms with Gasteiger partial charge in [-0.2, -0.15) is 0 Å². The van der Waals surface area contributed by atoms with Crippen LogP contribution >= 0.6 is 15.9 Å². The number of pyridine rings is 1. The summed E-state index contributed by atoms with van der Waals surface area (Å²) in [6.07, 6.45) is 3.30. The molecule has 0 saturated carbocycles. The van der Waals surface area contributed by atoms with E-state index in [1.807, 2.05) is 18.2 Å². The van der Waals surface area contributed by atoms with E-state index in [0.717, 1.165) is 39.7 Å². The van der Waals surface area contributed by atoms with Gasteiger partial charge in [0.05, 0.1) is 0 Å². The summed E-state index contributed by atoms with van der Waals surface area (Å²) in [5.74, 6) is 0.823. The van der Waals surface area contributed by atoms with Crippen LogP contribution in [0.2, 0.25) is 0 Å². The zero-order chi connectivity index (χ0) is 13.7. The minimum absolute atomic E-state index is 0.651. The van der Waals surface area contributed by atoms with Crippen LogP contribution in [-0.4, -0.2) is 24.5 Å². The third kappa shape index (κ3) is 3.35. The van der Waals surface area contributed by atoms with Gasteiger partial charge in [0.25, 0.3) is 0 Å². The predicted molar refractivity (Wildman–Crippen MR) is 81.0 cm³/mol. The number of hydrogen-bond acceptors (Lipinski definition) is 4. The van der Waals surface area contributed by atoms with E-state index in [1.165, 1.54) is 0 Å². The summed E-state index contributed by atoms with van der Waals surface area (Å²) in [4.78, 5) is 14.5. The molecule has 4 N–H and O–H groups in total. The molecule has 2 aromatic rings. The lowest BCUT2D eigenvalue weighted by molar-refractivity contribution is -0.109. The molecule has 0 aliphatic heterocycles. The van der Waals surface area contributed by atoms with Gasteiger partial charge in [-0.25, -0.2) is 4.98 Å². The molecule has 19 heavy (non-hydrogen) atoms. The Morgan fingerprint density at radius 3 is 2.95 bits per heavy atom. The van der Waals surface area contributed by atoms with Crippen molar-refractivity contribution in [2.24, 2.45) is 0 Å². The van der Waals surface area contributed by atoms with Crippen LogP contribution in [0.4, 0.5) is 11.5 Å². The normalized spacial score (nSPS) is 10.4. The van der Waals surface area contributed by atoms with Crippen molar-refractivity contribution in [2.75, 3.05) is 24.1 Å². The first kappa shape index (κ1) is 13.6. The zero-order valence-electron chi connectivity index (χ0n) is 10.3. The molecule has 0 saturated heterocycles. The van der Waals surface area contributed by atoms with Gasteiger partial charge in [-0.1, -0.05) is 0 Å². The molecule has 0 spiro atoms. The maximum Gasteiger partial charge on any atom is 0.207 e. The molecule has 5 nitrogen and oxygen atoms in total. The lowest BCUT2D eigenvalue weighted by Crippen LogP contribution is -2.16. The van der Waals surface area contributed by atoms with Crippen molar-refractivity contribution in [3.63, 3.8) is 0 Å². The molecule has 0 aliphatic carbocycles. The molecular weight excluding hydrogens is 308 g/mol. The van der Waals surface area contributed by atoms with Crippen LogP contribution in [0.3, 0.4) is 0 Å². The topological polar surface area (TPSA) is 80.0 Å². The van der Waals surface area contributed by atoms with Gasteiger partial charge >= 0.3 is 0 Å². The van der Waals surface area contributed by atoms with E-state index in [9.17, 15) is 4.79 Å². The van der Waals surface area contributed by atoms with Crippen molar-refractivity contribution < 1.29 is 4.79 Å². The molecule has 1 amide bonds. The summed E-state index contributed by atoms with van der Waals surface area (Å²) < 4.78 is 0.919. The zero-order valence-corrected chi connectivity index (χ0v) is 11.9. The average Bonchev–Trinajstić information content (AvgIpc) is 2.41. The van der Waals surface area contributed by atoms with E-state index in [0.29, 0.717) is 13.0 Å². The molecule has 0 bridgehead atoms. The van der Waals surface area contributed by atoms with Crippen LogP contribution in [-0.2, 0) is 4.79 Å².